The second kappa shape index (κ2) is 3.15. The number of anilines is 1. The van der Waals surface area contributed by atoms with Gasteiger partial charge in [0.1, 0.15) is 0 Å². The van der Waals surface area contributed by atoms with Gasteiger partial charge in [0, 0.05) is 19.8 Å². The molecule has 1 aliphatic rings. The van der Waals surface area contributed by atoms with E-state index in [9.17, 15) is 0 Å². The minimum atomic E-state index is 0.950. The molecule has 1 aromatic heterocycles. The van der Waals surface area contributed by atoms with Gasteiger partial charge in [0.15, 0.2) is 0 Å². The first-order valence-electron chi connectivity index (χ1n) is 4.30. The number of aryl methyl sites for hydroxylation is 1. The van der Waals surface area contributed by atoms with Crippen molar-refractivity contribution in [3.63, 3.8) is 0 Å². The molecule has 1 aromatic rings. The molecule has 4 heteroatoms. The number of aromatic nitrogens is 2. The molecule has 0 amide bonds. The molecule has 1 saturated heterocycles. The fraction of sp³-hybridized carbons (Fsp3) is 0.625. The van der Waals surface area contributed by atoms with Crippen molar-refractivity contribution in [3.8, 4) is 0 Å². The van der Waals surface area contributed by atoms with Gasteiger partial charge in [-0.3, -0.25) is 10.00 Å². The van der Waals surface area contributed by atoms with Gasteiger partial charge in [0.25, 0.3) is 0 Å². The van der Waals surface area contributed by atoms with Crippen LogP contribution in [0.5, 0.6) is 0 Å². The largest absolute Gasteiger partial charge is 0.356 e. The summed E-state index contributed by atoms with van der Waals surface area (Å²) >= 11 is 0. The average Bonchev–Trinajstić information content (AvgIpc) is 2.54. The molecule has 4 nitrogen and oxygen atoms in total. The van der Waals surface area contributed by atoms with Gasteiger partial charge in [-0.15, -0.1) is 0 Å². The van der Waals surface area contributed by atoms with Crippen LogP contribution in [0.15, 0.2) is 12.4 Å². The molecule has 1 aliphatic heterocycles. The van der Waals surface area contributed by atoms with E-state index < -0.39 is 0 Å². The normalized spacial score (nSPS) is 18.2. The fourth-order valence-corrected chi connectivity index (χ4v) is 1.48. The van der Waals surface area contributed by atoms with Crippen molar-refractivity contribution in [3.05, 3.63) is 12.4 Å². The highest BCUT2D eigenvalue weighted by Gasteiger charge is 2.10. The zero-order chi connectivity index (χ0) is 8.39. The van der Waals surface area contributed by atoms with E-state index in [1.807, 2.05) is 24.1 Å². The number of nitrogens with zero attached hydrogens (tertiary/aromatic N) is 3. The van der Waals surface area contributed by atoms with Gasteiger partial charge < -0.3 is 4.90 Å². The van der Waals surface area contributed by atoms with Crippen LogP contribution < -0.4 is 10.2 Å². The number of hydrogen-bond donors (Lipinski definition) is 1. The molecule has 2 heterocycles. The Labute approximate surface area is 72.2 Å². The zero-order valence-electron chi connectivity index (χ0n) is 7.32. The number of rotatable bonds is 1. The van der Waals surface area contributed by atoms with Crippen molar-refractivity contribution in [2.45, 2.75) is 6.42 Å². The van der Waals surface area contributed by atoms with Gasteiger partial charge in [-0.2, -0.15) is 5.10 Å². The third-order valence-electron chi connectivity index (χ3n) is 2.14. The van der Waals surface area contributed by atoms with E-state index in [0.29, 0.717) is 0 Å². The maximum Gasteiger partial charge on any atom is 0.0762 e. The first-order valence-corrected chi connectivity index (χ1v) is 4.30. The van der Waals surface area contributed by atoms with E-state index in [4.69, 9.17) is 0 Å². The van der Waals surface area contributed by atoms with E-state index >= 15 is 0 Å². The lowest BCUT2D eigenvalue weighted by atomic mass is 10.3. The van der Waals surface area contributed by atoms with Crippen LogP contribution in [0.25, 0.3) is 0 Å². The van der Waals surface area contributed by atoms with Crippen LogP contribution in [0.4, 0.5) is 5.69 Å². The number of nitrogens with one attached hydrogen (secondary N) is 1. The predicted molar refractivity (Wildman–Crippen MR) is 48.0 cm³/mol. The van der Waals surface area contributed by atoms with Gasteiger partial charge in [0.2, 0.25) is 0 Å². The maximum absolute atomic E-state index is 4.14. The minimum Gasteiger partial charge on any atom is -0.356 e. The number of hydrogen-bond acceptors (Lipinski definition) is 3. The second-order valence-corrected chi connectivity index (χ2v) is 3.15. The SMILES string of the molecule is Cn1cc(N2CCCNC2)cn1. The quantitative estimate of drug-likeness (QED) is 0.646. The smallest absolute Gasteiger partial charge is 0.0762 e. The lowest BCUT2D eigenvalue weighted by Crippen LogP contribution is -2.41. The lowest BCUT2D eigenvalue weighted by Gasteiger charge is -2.27. The minimum absolute atomic E-state index is 0.950. The maximum atomic E-state index is 4.14. The Morgan fingerprint density at radius 2 is 2.50 bits per heavy atom. The highest BCUT2D eigenvalue weighted by molar-refractivity contribution is 5.42. The third kappa shape index (κ3) is 1.43. The van der Waals surface area contributed by atoms with Crippen molar-refractivity contribution in [1.82, 2.24) is 15.1 Å². The average molecular weight is 166 g/mol. The van der Waals surface area contributed by atoms with Crippen LogP contribution in [-0.4, -0.2) is 29.5 Å². The summed E-state index contributed by atoms with van der Waals surface area (Å²) in [6.07, 6.45) is 5.18. The summed E-state index contributed by atoms with van der Waals surface area (Å²) < 4.78 is 1.84. The van der Waals surface area contributed by atoms with Crippen molar-refractivity contribution in [2.24, 2.45) is 7.05 Å². The monoisotopic (exact) mass is 166 g/mol. The van der Waals surface area contributed by atoms with E-state index in [0.717, 1.165) is 19.8 Å². The molecule has 0 unspecified atom stereocenters. The summed E-state index contributed by atoms with van der Waals surface area (Å²) in [5.41, 5.74) is 1.21. The fourth-order valence-electron chi connectivity index (χ4n) is 1.48. The molecular weight excluding hydrogens is 152 g/mol. The molecule has 0 atom stereocenters. The molecule has 0 bridgehead atoms. The van der Waals surface area contributed by atoms with Crippen LogP contribution in [0.3, 0.4) is 0 Å². The second-order valence-electron chi connectivity index (χ2n) is 3.15. The molecule has 12 heavy (non-hydrogen) atoms. The van der Waals surface area contributed by atoms with E-state index in [-0.39, 0.29) is 0 Å². The van der Waals surface area contributed by atoms with E-state index in [2.05, 4.69) is 15.3 Å². The van der Waals surface area contributed by atoms with E-state index in [1.54, 1.807) is 0 Å². The van der Waals surface area contributed by atoms with Crippen molar-refractivity contribution >= 4 is 5.69 Å². The van der Waals surface area contributed by atoms with Crippen LogP contribution in [0.1, 0.15) is 6.42 Å². The van der Waals surface area contributed by atoms with Crippen molar-refractivity contribution in [2.75, 3.05) is 24.7 Å². The Morgan fingerprint density at radius 1 is 1.58 bits per heavy atom. The van der Waals surface area contributed by atoms with Gasteiger partial charge in [-0.05, 0) is 13.0 Å². The third-order valence-corrected chi connectivity index (χ3v) is 2.14. The molecule has 1 fully saturated rings. The van der Waals surface area contributed by atoms with Crippen LogP contribution in [0.2, 0.25) is 0 Å². The van der Waals surface area contributed by atoms with Crippen molar-refractivity contribution in [1.29, 1.82) is 0 Å². The molecule has 0 aromatic carbocycles. The molecule has 0 spiro atoms. The Hall–Kier alpha value is -1.03. The molecule has 66 valence electrons. The molecule has 0 radical (unpaired) electrons. The Kier molecular flexibility index (Phi) is 1.99. The molecule has 2 rings (SSSR count). The highest BCUT2D eigenvalue weighted by Crippen LogP contribution is 2.12. The standard InChI is InChI=1S/C8H14N4/c1-11-6-8(5-10-11)12-4-2-3-9-7-12/h5-6,9H,2-4,7H2,1H3. The first kappa shape index (κ1) is 7.61. The Bertz CT molecular complexity index is 249. The molecule has 1 N–H and O–H groups in total. The summed E-state index contributed by atoms with van der Waals surface area (Å²) in [4.78, 5) is 2.30. The van der Waals surface area contributed by atoms with Crippen LogP contribution in [0, 0.1) is 0 Å². The first-order chi connectivity index (χ1) is 5.86. The summed E-state index contributed by atoms with van der Waals surface area (Å²) in [5, 5.41) is 7.47. The molecule has 0 saturated carbocycles. The zero-order valence-corrected chi connectivity index (χ0v) is 7.32. The summed E-state index contributed by atoms with van der Waals surface area (Å²) in [5.74, 6) is 0. The molecule has 0 aliphatic carbocycles. The van der Waals surface area contributed by atoms with Crippen LogP contribution >= 0.6 is 0 Å². The summed E-state index contributed by atoms with van der Waals surface area (Å²) in [6, 6.07) is 0. The molecular formula is C8H14N4. The lowest BCUT2D eigenvalue weighted by molar-refractivity contribution is 0.553. The Balaban J connectivity index is 2.08. The predicted octanol–water partition coefficient (Wildman–Crippen LogP) is 0.177. The van der Waals surface area contributed by atoms with Gasteiger partial charge in [0.05, 0.1) is 18.6 Å². The van der Waals surface area contributed by atoms with Gasteiger partial charge in [-0.1, -0.05) is 0 Å². The van der Waals surface area contributed by atoms with Crippen molar-refractivity contribution < 1.29 is 0 Å². The van der Waals surface area contributed by atoms with Gasteiger partial charge in [-0.25, -0.2) is 0 Å². The van der Waals surface area contributed by atoms with Crippen LogP contribution in [-0.2, 0) is 7.05 Å². The van der Waals surface area contributed by atoms with E-state index in [1.165, 1.54) is 12.1 Å². The van der Waals surface area contributed by atoms with Gasteiger partial charge >= 0.3 is 0 Å². The Morgan fingerprint density at radius 3 is 3.08 bits per heavy atom. The topological polar surface area (TPSA) is 33.1 Å². The summed E-state index contributed by atoms with van der Waals surface area (Å²) in [6.45, 7) is 3.22. The highest BCUT2D eigenvalue weighted by atomic mass is 15.3. The summed E-state index contributed by atoms with van der Waals surface area (Å²) in [7, 11) is 1.95.